The van der Waals surface area contributed by atoms with Crippen molar-refractivity contribution in [3.8, 4) is 0 Å². The van der Waals surface area contributed by atoms with E-state index in [-0.39, 0.29) is 25.5 Å². The predicted octanol–water partition coefficient (Wildman–Crippen LogP) is 0.953. The first kappa shape index (κ1) is 15.5. The van der Waals surface area contributed by atoms with Gasteiger partial charge in [-0.2, -0.15) is 0 Å². The van der Waals surface area contributed by atoms with Crippen LogP contribution in [-0.4, -0.2) is 42.3 Å². The van der Waals surface area contributed by atoms with Crippen LogP contribution in [0.1, 0.15) is 18.4 Å². The summed E-state index contributed by atoms with van der Waals surface area (Å²) in [5.74, 6) is -1.39. The molecule has 1 aliphatic rings. The van der Waals surface area contributed by atoms with Crippen LogP contribution in [0.4, 0.5) is 0 Å². The van der Waals surface area contributed by atoms with Gasteiger partial charge in [-0.3, -0.25) is 4.79 Å². The van der Waals surface area contributed by atoms with Gasteiger partial charge in [0.25, 0.3) is 0 Å². The summed E-state index contributed by atoms with van der Waals surface area (Å²) in [7, 11) is 0. The molecule has 0 spiro atoms. The van der Waals surface area contributed by atoms with Gasteiger partial charge >= 0.3 is 5.97 Å². The first-order chi connectivity index (χ1) is 10.1. The molecule has 0 aromatic heterocycles. The topological polar surface area (TPSA) is 84.9 Å². The van der Waals surface area contributed by atoms with Crippen molar-refractivity contribution < 1.29 is 24.2 Å². The summed E-state index contributed by atoms with van der Waals surface area (Å²) in [4.78, 5) is 23.1. The van der Waals surface area contributed by atoms with Crippen LogP contribution >= 0.6 is 0 Å². The molecule has 1 heterocycles. The molecule has 1 atom stereocenters. The number of benzene rings is 1. The van der Waals surface area contributed by atoms with Gasteiger partial charge < -0.3 is 19.9 Å². The van der Waals surface area contributed by atoms with Gasteiger partial charge in [0.1, 0.15) is 0 Å². The molecule has 1 aromatic carbocycles. The molecule has 0 bridgehead atoms. The molecule has 0 radical (unpaired) electrons. The molecular weight excluding hydrogens is 274 g/mol. The van der Waals surface area contributed by atoms with E-state index in [4.69, 9.17) is 9.47 Å². The lowest BCUT2D eigenvalue weighted by molar-refractivity contribution is -0.147. The molecule has 0 saturated carbocycles. The van der Waals surface area contributed by atoms with Crippen LogP contribution in [0.5, 0.6) is 0 Å². The van der Waals surface area contributed by atoms with E-state index in [1.807, 2.05) is 30.3 Å². The van der Waals surface area contributed by atoms with E-state index in [2.05, 4.69) is 5.32 Å². The van der Waals surface area contributed by atoms with Gasteiger partial charge in [0, 0.05) is 13.0 Å². The Morgan fingerprint density at radius 2 is 2.10 bits per heavy atom. The smallest absolute Gasteiger partial charge is 0.331 e. The maximum atomic E-state index is 11.8. The lowest BCUT2D eigenvalue weighted by atomic mass is 9.99. The zero-order chi connectivity index (χ0) is 15.1. The predicted molar refractivity (Wildman–Crippen MR) is 74.7 cm³/mol. The number of amides is 1. The SMILES string of the molecule is O=C(CCOCc1ccccc1)NC1(C(=O)O)CCOC1. The van der Waals surface area contributed by atoms with E-state index in [1.165, 1.54) is 0 Å². The van der Waals surface area contributed by atoms with E-state index in [0.717, 1.165) is 5.56 Å². The van der Waals surface area contributed by atoms with Crippen LogP contribution in [0.3, 0.4) is 0 Å². The van der Waals surface area contributed by atoms with Crippen LogP contribution in [0.25, 0.3) is 0 Å². The third kappa shape index (κ3) is 4.27. The molecule has 2 rings (SSSR count). The fourth-order valence-corrected chi connectivity index (χ4v) is 2.14. The Bertz CT molecular complexity index is 482. The highest BCUT2D eigenvalue weighted by molar-refractivity contribution is 5.87. The Hall–Kier alpha value is -1.92. The summed E-state index contributed by atoms with van der Waals surface area (Å²) in [6, 6.07) is 9.64. The first-order valence-electron chi connectivity index (χ1n) is 6.86. The van der Waals surface area contributed by atoms with Crippen LogP contribution in [-0.2, 0) is 25.7 Å². The van der Waals surface area contributed by atoms with Gasteiger partial charge in [-0.05, 0) is 5.56 Å². The zero-order valence-electron chi connectivity index (χ0n) is 11.7. The van der Waals surface area contributed by atoms with Gasteiger partial charge in [-0.15, -0.1) is 0 Å². The van der Waals surface area contributed by atoms with Crippen LogP contribution in [0.2, 0.25) is 0 Å². The van der Waals surface area contributed by atoms with Crippen molar-refractivity contribution >= 4 is 11.9 Å². The number of carboxylic acid groups (broad SMARTS) is 1. The number of aliphatic carboxylic acids is 1. The largest absolute Gasteiger partial charge is 0.479 e. The van der Waals surface area contributed by atoms with Crippen LogP contribution in [0, 0.1) is 0 Å². The molecule has 1 amide bonds. The van der Waals surface area contributed by atoms with Crippen molar-refractivity contribution in [2.75, 3.05) is 19.8 Å². The summed E-state index contributed by atoms with van der Waals surface area (Å²) in [6.07, 6.45) is 0.417. The quantitative estimate of drug-likeness (QED) is 0.731. The van der Waals surface area contributed by atoms with E-state index in [0.29, 0.717) is 19.6 Å². The maximum absolute atomic E-state index is 11.8. The van der Waals surface area contributed by atoms with E-state index < -0.39 is 11.5 Å². The van der Waals surface area contributed by atoms with E-state index in [1.54, 1.807) is 0 Å². The minimum atomic E-state index is -1.28. The van der Waals surface area contributed by atoms with Gasteiger partial charge in [-0.1, -0.05) is 30.3 Å². The van der Waals surface area contributed by atoms with Crippen molar-refractivity contribution in [3.05, 3.63) is 35.9 Å². The third-order valence-corrected chi connectivity index (χ3v) is 3.39. The number of hydrogen-bond acceptors (Lipinski definition) is 4. The van der Waals surface area contributed by atoms with Crippen LogP contribution in [0.15, 0.2) is 30.3 Å². The Kier molecular flexibility index (Phi) is 5.30. The molecule has 1 saturated heterocycles. The highest BCUT2D eigenvalue weighted by Crippen LogP contribution is 2.19. The molecule has 1 unspecified atom stereocenters. The number of carboxylic acids is 1. The molecule has 1 aromatic rings. The molecule has 6 nitrogen and oxygen atoms in total. The second kappa shape index (κ2) is 7.19. The molecule has 1 aliphatic heterocycles. The molecule has 6 heteroatoms. The van der Waals surface area contributed by atoms with Crippen molar-refractivity contribution in [2.24, 2.45) is 0 Å². The minimum absolute atomic E-state index is 0.0128. The molecule has 114 valence electrons. The highest BCUT2D eigenvalue weighted by atomic mass is 16.5. The summed E-state index contributed by atoms with van der Waals surface area (Å²) in [6.45, 7) is 1.04. The van der Waals surface area contributed by atoms with Crippen molar-refractivity contribution in [3.63, 3.8) is 0 Å². The summed E-state index contributed by atoms with van der Waals surface area (Å²) < 4.78 is 10.5. The standard InChI is InChI=1S/C15H19NO5/c17-13(16-15(14(18)19)7-9-21-11-15)6-8-20-10-12-4-2-1-3-5-12/h1-5H,6-11H2,(H,16,17)(H,18,19). The summed E-state index contributed by atoms with van der Waals surface area (Å²) in [5.41, 5.74) is -0.250. The number of hydrogen-bond donors (Lipinski definition) is 2. The number of carbonyl (C=O) groups excluding carboxylic acids is 1. The van der Waals surface area contributed by atoms with Gasteiger partial charge in [0.2, 0.25) is 5.91 Å². The maximum Gasteiger partial charge on any atom is 0.331 e. The van der Waals surface area contributed by atoms with Gasteiger partial charge in [-0.25, -0.2) is 4.79 Å². The lowest BCUT2D eigenvalue weighted by Crippen LogP contribution is -2.55. The highest BCUT2D eigenvalue weighted by Gasteiger charge is 2.43. The summed E-state index contributed by atoms with van der Waals surface area (Å²) >= 11 is 0. The van der Waals surface area contributed by atoms with Crippen LogP contribution < -0.4 is 5.32 Å². The molecule has 21 heavy (non-hydrogen) atoms. The second-order valence-corrected chi connectivity index (χ2v) is 5.03. The number of ether oxygens (including phenoxy) is 2. The van der Waals surface area contributed by atoms with Crippen molar-refractivity contribution in [1.82, 2.24) is 5.32 Å². The summed E-state index contributed by atoms with van der Waals surface area (Å²) in [5, 5.41) is 11.8. The Labute approximate surface area is 123 Å². The fraction of sp³-hybridized carbons (Fsp3) is 0.467. The number of carbonyl (C=O) groups is 2. The number of nitrogens with one attached hydrogen (secondary N) is 1. The van der Waals surface area contributed by atoms with Crippen molar-refractivity contribution in [1.29, 1.82) is 0 Å². The van der Waals surface area contributed by atoms with Crippen molar-refractivity contribution in [2.45, 2.75) is 25.0 Å². The third-order valence-electron chi connectivity index (χ3n) is 3.39. The molecule has 1 fully saturated rings. The zero-order valence-corrected chi connectivity index (χ0v) is 11.7. The Morgan fingerprint density at radius 1 is 1.33 bits per heavy atom. The minimum Gasteiger partial charge on any atom is -0.479 e. The lowest BCUT2D eigenvalue weighted by Gasteiger charge is -2.23. The van der Waals surface area contributed by atoms with Gasteiger partial charge in [0.15, 0.2) is 5.54 Å². The normalized spacial score (nSPS) is 21.1. The molecule has 2 N–H and O–H groups in total. The molecular formula is C15H19NO5. The average molecular weight is 293 g/mol. The number of rotatable bonds is 7. The Balaban J connectivity index is 1.71. The average Bonchev–Trinajstić information content (AvgIpc) is 2.94. The molecule has 0 aliphatic carbocycles. The van der Waals surface area contributed by atoms with Gasteiger partial charge in [0.05, 0.1) is 26.2 Å². The first-order valence-corrected chi connectivity index (χ1v) is 6.86. The Morgan fingerprint density at radius 3 is 2.71 bits per heavy atom. The monoisotopic (exact) mass is 293 g/mol. The second-order valence-electron chi connectivity index (χ2n) is 5.03. The fourth-order valence-electron chi connectivity index (χ4n) is 2.14. The van der Waals surface area contributed by atoms with E-state index in [9.17, 15) is 14.7 Å². The van der Waals surface area contributed by atoms with E-state index >= 15 is 0 Å².